The van der Waals surface area contributed by atoms with E-state index in [1.807, 2.05) is 36.6 Å². The van der Waals surface area contributed by atoms with Gasteiger partial charge in [0.15, 0.2) is 5.01 Å². The Hall–Kier alpha value is -2.21. The molecule has 3 rings (SSSR count). The summed E-state index contributed by atoms with van der Waals surface area (Å²) < 4.78 is 0. The fourth-order valence-corrected chi connectivity index (χ4v) is 3.56. The summed E-state index contributed by atoms with van der Waals surface area (Å²) in [6.07, 6.45) is 0.267. The molecule has 6 heteroatoms. The zero-order chi connectivity index (χ0) is 16.6. The lowest BCUT2D eigenvalue weighted by molar-refractivity contribution is -0.116. The molecule has 2 amide bonds. The van der Waals surface area contributed by atoms with E-state index >= 15 is 0 Å². The number of benzene rings is 1. The van der Waals surface area contributed by atoms with Gasteiger partial charge in [-0.25, -0.2) is 4.98 Å². The van der Waals surface area contributed by atoms with E-state index in [0.717, 1.165) is 11.4 Å². The smallest absolute Gasteiger partial charge is 0.287 e. The Balaban J connectivity index is 2.02. The normalized spacial score (nSPS) is 17.7. The van der Waals surface area contributed by atoms with Crippen LogP contribution in [0, 0.1) is 0 Å². The molecule has 1 aliphatic heterocycles. The molecule has 1 aromatic heterocycles. The number of rotatable bonds is 2. The lowest BCUT2D eigenvalue weighted by atomic mass is 10.1. The van der Waals surface area contributed by atoms with E-state index in [1.54, 1.807) is 4.90 Å². The third-order valence-corrected chi connectivity index (χ3v) is 4.72. The summed E-state index contributed by atoms with van der Waals surface area (Å²) in [6.45, 7) is 5.99. The summed E-state index contributed by atoms with van der Waals surface area (Å²) in [4.78, 5) is 31.1. The average molecular weight is 329 g/mol. The van der Waals surface area contributed by atoms with Crippen LogP contribution >= 0.6 is 11.3 Å². The second-order valence-corrected chi connectivity index (χ2v) is 6.88. The highest BCUT2D eigenvalue weighted by Crippen LogP contribution is 2.33. The summed E-state index contributed by atoms with van der Waals surface area (Å²) in [5.41, 5.74) is 2.30. The number of nitrogens with one attached hydrogen (secondary N) is 1. The average Bonchev–Trinajstić information content (AvgIpc) is 2.94. The summed E-state index contributed by atoms with van der Waals surface area (Å²) in [7, 11) is 0. The summed E-state index contributed by atoms with van der Waals surface area (Å²) in [5, 5.41) is 5.25. The number of nitrogens with zero attached hydrogens (tertiary/aromatic N) is 2. The maximum atomic E-state index is 13.0. The molecule has 0 saturated carbocycles. The zero-order valence-electron chi connectivity index (χ0n) is 13.4. The van der Waals surface area contributed by atoms with Crippen molar-refractivity contribution in [3.8, 4) is 0 Å². The van der Waals surface area contributed by atoms with Gasteiger partial charge < -0.3 is 10.2 Å². The topological polar surface area (TPSA) is 62.3 Å². The Morgan fingerprint density at radius 1 is 1.39 bits per heavy atom. The van der Waals surface area contributed by atoms with Crippen molar-refractivity contribution in [3.63, 3.8) is 0 Å². The van der Waals surface area contributed by atoms with Crippen molar-refractivity contribution in [2.75, 3.05) is 10.2 Å². The second kappa shape index (κ2) is 6.12. The predicted molar refractivity (Wildman–Crippen MR) is 92.2 cm³/mol. The molecule has 0 unspecified atom stereocenters. The van der Waals surface area contributed by atoms with Gasteiger partial charge in [-0.05, 0) is 25.0 Å². The number of hydrogen-bond donors (Lipinski definition) is 1. The number of carbonyl (C=O) groups excluding carboxylic acids is 2. The van der Waals surface area contributed by atoms with Crippen LogP contribution in [-0.4, -0.2) is 22.8 Å². The van der Waals surface area contributed by atoms with Crippen LogP contribution in [0.3, 0.4) is 0 Å². The van der Waals surface area contributed by atoms with E-state index < -0.39 is 0 Å². The van der Waals surface area contributed by atoms with E-state index in [1.165, 1.54) is 11.3 Å². The molecule has 120 valence electrons. The minimum absolute atomic E-state index is 0.0812. The van der Waals surface area contributed by atoms with Gasteiger partial charge in [0.05, 0.1) is 17.1 Å². The molecule has 0 fully saturated rings. The first kappa shape index (κ1) is 15.7. The molecule has 0 saturated heterocycles. The molecule has 0 aliphatic carbocycles. The third kappa shape index (κ3) is 2.99. The van der Waals surface area contributed by atoms with E-state index in [9.17, 15) is 9.59 Å². The molecule has 1 atom stereocenters. The zero-order valence-corrected chi connectivity index (χ0v) is 14.2. The fraction of sp³-hybridized carbons (Fsp3) is 0.353. The number of carbonyl (C=O) groups is 2. The van der Waals surface area contributed by atoms with Crippen molar-refractivity contribution in [2.24, 2.45) is 0 Å². The Bertz CT molecular complexity index is 754. The first-order valence-corrected chi connectivity index (χ1v) is 8.53. The van der Waals surface area contributed by atoms with Gasteiger partial charge in [-0.2, -0.15) is 0 Å². The quantitative estimate of drug-likeness (QED) is 0.915. The molecular weight excluding hydrogens is 310 g/mol. The first-order chi connectivity index (χ1) is 11.0. The van der Waals surface area contributed by atoms with Gasteiger partial charge >= 0.3 is 0 Å². The molecule has 2 aromatic rings. The van der Waals surface area contributed by atoms with Crippen LogP contribution in [0.15, 0.2) is 29.6 Å². The van der Waals surface area contributed by atoms with Crippen molar-refractivity contribution in [2.45, 2.75) is 39.2 Å². The Morgan fingerprint density at radius 3 is 2.83 bits per heavy atom. The molecule has 1 aliphatic rings. The maximum Gasteiger partial charge on any atom is 0.287 e. The van der Waals surface area contributed by atoms with Crippen molar-refractivity contribution in [1.82, 2.24) is 4.98 Å². The second-order valence-electron chi connectivity index (χ2n) is 6.03. The van der Waals surface area contributed by atoms with Crippen LogP contribution in [0.1, 0.15) is 48.6 Å². The highest BCUT2D eigenvalue weighted by atomic mass is 32.1. The molecular formula is C17H19N3O2S. The highest BCUT2D eigenvalue weighted by Gasteiger charge is 2.31. The van der Waals surface area contributed by atoms with E-state index in [-0.39, 0.29) is 30.2 Å². The fourth-order valence-electron chi connectivity index (χ4n) is 2.65. The maximum absolute atomic E-state index is 13.0. The van der Waals surface area contributed by atoms with E-state index in [0.29, 0.717) is 10.7 Å². The minimum atomic E-state index is -0.224. The third-order valence-electron chi connectivity index (χ3n) is 3.87. The van der Waals surface area contributed by atoms with Gasteiger partial charge in [-0.3, -0.25) is 9.59 Å². The summed E-state index contributed by atoms with van der Waals surface area (Å²) in [6, 6.07) is 7.15. The van der Waals surface area contributed by atoms with Crippen LogP contribution in [-0.2, 0) is 4.79 Å². The molecule has 2 heterocycles. The molecule has 0 spiro atoms. The van der Waals surface area contributed by atoms with Gasteiger partial charge in [-0.1, -0.05) is 26.0 Å². The highest BCUT2D eigenvalue weighted by molar-refractivity contribution is 7.11. The standard InChI is InChI=1S/C17H19N3O2S/c1-10(2)13-9-23-16(19-13)17(22)20-11(3)8-15(21)18-12-6-4-5-7-14(12)20/h4-7,9-11H,8H2,1-3H3,(H,18,21)/t11-/m0/s1. The van der Waals surface area contributed by atoms with Crippen LogP contribution in [0.25, 0.3) is 0 Å². The summed E-state index contributed by atoms with van der Waals surface area (Å²) >= 11 is 1.36. The first-order valence-electron chi connectivity index (χ1n) is 7.65. The van der Waals surface area contributed by atoms with Gasteiger partial charge in [0.25, 0.3) is 5.91 Å². The number of anilines is 2. The molecule has 5 nitrogen and oxygen atoms in total. The Morgan fingerprint density at radius 2 is 2.13 bits per heavy atom. The number of thiazole rings is 1. The van der Waals surface area contributed by atoms with Crippen LogP contribution in [0.2, 0.25) is 0 Å². The van der Waals surface area contributed by atoms with Crippen molar-refractivity contribution >= 4 is 34.5 Å². The van der Waals surface area contributed by atoms with Gasteiger partial charge in [0.1, 0.15) is 0 Å². The Kier molecular flexibility index (Phi) is 4.17. The SMILES string of the molecule is CC(C)c1csc(C(=O)N2c3ccccc3NC(=O)C[C@@H]2C)n1. The number of aromatic nitrogens is 1. The molecule has 1 N–H and O–H groups in total. The van der Waals surface area contributed by atoms with Crippen molar-refractivity contribution < 1.29 is 9.59 Å². The lowest BCUT2D eigenvalue weighted by Crippen LogP contribution is -2.39. The molecule has 23 heavy (non-hydrogen) atoms. The van der Waals surface area contributed by atoms with Crippen LogP contribution < -0.4 is 10.2 Å². The number of fused-ring (bicyclic) bond motifs is 1. The van der Waals surface area contributed by atoms with Gasteiger partial charge in [0.2, 0.25) is 5.91 Å². The van der Waals surface area contributed by atoms with E-state index in [4.69, 9.17) is 0 Å². The van der Waals surface area contributed by atoms with Crippen molar-refractivity contribution in [1.29, 1.82) is 0 Å². The lowest BCUT2D eigenvalue weighted by Gasteiger charge is -2.26. The number of para-hydroxylation sites is 2. The number of amides is 2. The van der Waals surface area contributed by atoms with Gasteiger partial charge in [-0.15, -0.1) is 11.3 Å². The largest absolute Gasteiger partial charge is 0.324 e. The predicted octanol–water partition coefficient (Wildman–Crippen LogP) is 3.64. The monoisotopic (exact) mass is 329 g/mol. The van der Waals surface area contributed by atoms with Crippen molar-refractivity contribution in [3.05, 3.63) is 40.3 Å². The molecule has 0 bridgehead atoms. The molecule has 1 aromatic carbocycles. The van der Waals surface area contributed by atoms with Crippen LogP contribution in [0.4, 0.5) is 11.4 Å². The number of hydrogen-bond acceptors (Lipinski definition) is 4. The van der Waals surface area contributed by atoms with Gasteiger partial charge in [0, 0.05) is 17.8 Å². The summed E-state index contributed by atoms with van der Waals surface area (Å²) in [5.74, 6) is 0.0468. The van der Waals surface area contributed by atoms with Crippen LogP contribution in [0.5, 0.6) is 0 Å². The molecule has 0 radical (unpaired) electrons. The van der Waals surface area contributed by atoms with E-state index in [2.05, 4.69) is 24.1 Å². The minimum Gasteiger partial charge on any atom is -0.324 e. The Labute approximate surface area is 139 Å².